The van der Waals surface area contributed by atoms with Crippen LogP contribution in [0.2, 0.25) is 0 Å². The lowest BCUT2D eigenvalue weighted by atomic mass is 10.0. The molecule has 0 bridgehead atoms. The van der Waals surface area contributed by atoms with Crippen LogP contribution in [0, 0.1) is 0 Å². The predicted octanol–water partition coefficient (Wildman–Crippen LogP) is 3.08. The first kappa shape index (κ1) is 9.11. The normalized spacial score (nSPS) is 18.9. The molecule has 0 aromatic rings. The SMILES string of the molecule is CC1=C(C)C(C)=C(C)N(C)C=C1. The molecule has 1 aliphatic rings. The van der Waals surface area contributed by atoms with Crippen molar-refractivity contribution in [2.24, 2.45) is 0 Å². The van der Waals surface area contributed by atoms with Crippen LogP contribution < -0.4 is 0 Å². The predicted molar refractivity (Wildman–Crippen MR) is 53.7 cm³/mol. The number of hydrogen-bond donors (Lipinski definition) is 0. The number of allylic oxidation sites excluding steroid dienone is 5. The second-order valence-corrected chi connectivity index (χ2v) is 3.45. The number of nitrogens with zero attached hydrogens (tertiary/aromatic N) is 1. The van der Waals surface area contributed by atoms with E-state index in [0.717, 1.165) is 0 Å². The van der Waals surface area contributed by atoms with Crippen molar-refractivity contribution >= 4 is 0 Å². The molecule has 0 spiro atoms. The van der Waals surface area contributed by atoms with Crippen LogP contribution in [0.1, 0.15) is 27.7 Å². The van der Waals surface area contributed by atoms with Gasteiger partial charge in [0.1, 0.15) is 0 Å². The van der Waals surface area contributed by atoms with Gasteiger partial charge in [-0.15, -0.1) is 0 Å². The summed E-state index contributed by atoms with van der Waals surface area (Å²) in [5, 5.41) is 0. The topological polar surface area (TPSA) is 3.24 Å². The lowest BCUT2D eigenvalue weighted by Crippen LogP contribution is -2.08. The summed E-state index contributed by atoms with van der Waals surface area (Å²) in [6.45, 7) is 8.67. The van der Waals surface area contributed by atoms with Crippen molar-refractivity contribution in [2.75, 3.05) is 7.05 Å². The molecule has 0 N–H and O–H groups in total. The van der Waals surface area contributed by atoms with Gasteiger partial charge in [-0.05, 0) is 50.5 Å². The van der Waals surface area contributed by atoms with E-state index in [1.165, 1.54) is 22.4 Å². The van der Waals surface area contributed by atoms with Crippen LogP contribution in [0.4, 0.5) is 0 Å². The van der Waals surface area contributed by atoms with E-state index in [9.17, 15) is 0 Å². The second-order valence-electron chi connectivity index (χ2n) is 3.45. The zero-order valence-electron chi connectivity index (χ0n) is 8.60. The van der Waals surface area contributed by atoms with E-state index in [4.69, 9.17) is 0 Å². The first-order chi connectivity index (χ1) is 5.54. The highest BCUT2D eigenvalue weighted by Gasteiger charge is 2.07. The van der Waals surface area contributed by atoms with Crippen molar-refractivity contribution in [3.63, 3.8) is 0 Å². The molecule has 1 rings (SSSR count). The minimum atomic E-state index is 1.33. The average molecular weight is 163 g/mol. The van der Waals surface area contributed by atoms with Crippen LogP contribution in [0.5, 0.6) is 0 Å². The zero-order valence-corrected chi connectivity index (χ0v) is 8.60. The molecule has 0 fully saturated rings. The molecule has 0 amide bonds. The van der Waals surface area contributed by atoms with Crippen molar-refractivity contribution in [3.8, 4) is 0 Å². The monoisotopic (exact) mass is 163 g/mol. The van der Waals surface area contributed by atoms with Gasteiger partial charge >= 0.3 is 0 Å². The van der Waals surface area contributed by atoms with Gasteiger partial charge in [-0.3, -0.25) is 0 Å². The summed E-state index contributed by atoms with van der Waals surface area (Å²) in [4.78, 5) is 2.16. The quantitative estimate of drug-likeness (QED) is 0.530. The molecule has 66 valence electrons. The summed E-state index contributed by atoms with van der Waals surface area (Å²) in [6, 6.07) is 0. The highest BCUT2D eigenvalue weighted by atomic mass is 15.1. The smallest absolute Gasteiger partial charge is 0.0172 e. The van der Waals surface area contributed by atoms with Crippen LogP contribution in [-0.2, 0) is 0 Å². The first-order valence-corrected chi connectivity index (χ1v) is 4.30. The molecular weight excluding hydrogens is 146 g/mol. The lowest BCUT2D eigenvalue weighted by molar-refractivity contribution is 0.565. The Hall–Kier alpha value is -0.980. The van der Waals surface area contributed by atoms with Gasteiger partial charge in [0.05, 0.1) is 0 Å². The van der Waals surface area contributed by atoms with Gasteiger partial charge < -0.3 is 4.90 Å². The first-order valence-electron chi connectivity index (χ1n) is 4.30. The molecule has 0 saturated carbocycles. The highest BCUT2D eigenvalue weighted by Crippen LogP contribution is 2.23. The molecule has 1 aliphatic heterocycles. The van der Waals surface area contributed by atoms with Gasteiger partial charge in [-0.2, -0.15) is 0 Å². The fourth-order valence-electron chi connectivity index (χ4n) is 1.29. The van der Waals surface area contributed by atoms with E-state index in [2.05, 4.69) is 51.9 Å². The standard InChI is InChI=1S/C11H17N/c1-8-6-7-12(5)11(4)10(3)9(8)2/h6-7H,1-5H3. The van der Waals surface area contributed by atoms with Crippen molar-refractivity contribution < 1.29 is 0 Å². The maximum Gasteiger partial charge on any atom is 0.0172 e. The molecule has 0 aliphatic carbocycles. The second kappa shape index (κ2) is 3.18. The van der Waals surface area contributed by atoms with E-state index < -0.39 is 0 Å². The van der Waals surface area contributed by atoms with Crippen LogP contribution in [0.3, 0.4) is 0 Å². The zero-order chi connectivity index (χ0) is 9.30. The summed E-state index contributed by atoms with van der Waals surface area (Å²) in [6.07, 6.45) is 4.28. The summed E-state index contributed by atoms with van der Waals surface area (Å²) >= 11 is 0. The van der Waals surface area contributed by atoms with E-state index in [1.807, 2.05) is 0 Å². The van der Waals surface area contributed by atoms with Gasteiger partial charge in [0.25, 0.3) is 0 Å². The van der Waals surface area contributed by atoms with Crippen molar-refractivity contribution in [1.82, 2.24) is 4.90 Å². The van der Waals surface area contributed by atoms with Gasteiger partial charge in [-0.1, -0.05) is 0 Å². The van der Waals surface area contributed by atoms with Gasteiger partial charge in [0.2, 0.25) is 0 Å². The van der Waals surface area contributed by atoms with E-state index in [1.54, 1.807) is 0 Å². The van der Waals surface area contributed by atoms with Crippen LogP contribution >= 0.6 is 0 Å². The van der Waals surface area contributed by atoms with Crippen LogP contribution in [0.25, 0.3) is 0 Å². The molecule has 0 aromatic heterocycles. The number of rotatable bonds is 0. The Kier molecular flexibility index (Phi) is 2.41. The Bertz CT molecular complexity index is 279. The molecule has 12 heavy (non-hydrogen) atoms. The molecule has 0 unspecified atom stereocenters. The fraction of sp³-hybridized carbons (Fsp3) is 0.455. The molecule has 0 saturated heterocycles. The molecule has 0 radical (unpaired) electrons. The van der Waals surface area contributed by atoms with Crippen molar-refractivity contribution in [2.45, 2.75) is 27.7 Å². The summed E-state index contributed by atoms with van der Waals surface area (Å²) in [7, 11) is 2.08. The Morgan fingerprint density at radius 3 is 2.17 bits per heavy atom. The minimum Gasteiger partial charge on any atom is -0.354 e. The van der Waals surface area contributed by atoms with Crippen LogP contribution in [0.15, 0.2) is 34.7 Å². The van der Waals surface area contributed by atoms with E-state index in [0.29, 0.717) is 0 Å². The van der Waals surface area contributed by atoms with Crippen molar-refractivity contribution in [1.29, 1.82) is 0 Å². The maximum absolute atomic E-state index is 2.18. The van der Waals surface area contributed by atoms with Gasteiger partial charge in [-0.25, -0.2) is 0 Å². The Balaban J connectivity index is 3.22. The third-order valence-electron chi connectivity index (χ3n) is 2.77. The highest BCUT2D eigenvalue weighted by molar-refractivity contribution is 5.41. The molecule has 1 heterocycles. The Labute approximate surface area is 75.1 Å². The van der Waals surface area contributed by atoms with E-state index >= 15 is 0 Å². The van der Waals surface area contributed by atoms with Crippen LogP contribution in [-0.4, -0.2) is 11.9 Å². The molecule has 1 heteroatoms. The largest absolute Gasteiger partial charge is 0.354 e. The van der Waals surface area contributed by atoms with Crippen molar-refractivity contribution in [3.05, 3.63) is 34.7 Å². The Morgan fingerprint density at radius 1 is 1.00 bits per heavy atom. The van der Waals surface area contributed by atoms with E-state index in [-0.39, 0.29) is 0 Å². The lowest BCUT2D eigenvalue weighted by Gasteiger charge is -2.16. The third-order valence-corrected chi connectivity index (χ3v) is 2.77. The average Bonchev–Trinajstić information content (AvgIpc) is 2.14. The molecule has 0 atom stereocenters. The molecule has 1 nitrogen and oxygen atoms in total. The third kappa shape index (κ3) is 1.45. The summed E-state index contributed by atoms with van der Waals surface area (Å²) in [5.74, 6) is 0. The van der Waals surface area contributed by atoms with Gasteiger partial charge in [0.15, 0.2) is 0 Å². The Morgan fingerprint density at radius 2 is 1.58 bits per heavy atom. The molecule has 0 aromatic carbocycles. The maximum atomic E-state index is 2.18. The number of hydrogen-bond acceptors (Lipinski definition) is 1. The fourth-order valence-corrected chi connectivity index (χ4v) is 1.29. The summed E-state index contributed by atoms with van der Waals surface area (Å²) < 4.78 is 0. The minimum absolute atomic E-state index is 1.33. The summed E-state index contributed by atoms with van der Waals surface area (Å²) in [5.41, 5.74) is 5.48. The molecular formula is C11H17N. The van der Waals surface area contributed by atoms with Gasteiger partial charge in [0, 0.05) is 18.9 Å².